The molecule has 0 radical (unpaired) electrons. The van der Waals surface area contributed by atoms with Crippen LogP contribution in [0.25, 0.3) is 0 Å². The Bertz CT molecular complexity index is 929. The van der Waals surface area contributed by atoms with Crippen molar-refractivity contribution in [3.05, 3.63) is 63.2 Å². The van der Waals surface area contributed by atoms with E-state index in [0.29, 0.717) is 5.71 Å². The molecular formula is C17H15ClN4O5. The number of aromatic hydroxyl groups is 1. The topological polar surface area (TPSA) is 134 Å². The molecule has 0 spiro atoms. The maximum atomic E-state index is 12.0. The largest absolute Gasteiger partial charge is 0.508 e. The lowest BCUT2D eigenvalue weighted by molar-refractivity contribution is -0.384. The first-order valence-electron chi connectivity index (χ1n) is 7.62. The van der Waals surface area contributed by atoms with E-state index < -0.39 is 16.7 Å². The van der Waals surface area contributed by atoms with Crippen molar-refractivity contribution in [1.29, 1.82) is 0 Å². The molecule has 2 rings (SSSR count). The van der Waals surface area contributed by atoms with Crippen molar-refractivity contribution in [2.75, 3.05) is 5.32 Å². The van der Waals surface area contributed by atoms with Crippen molar-refractivity contribution in [3.63, 3.8) is 0 Å². The number of benzene rings is 2. The van der Waals surface area contributed by atoms with E-state index in [1.807, 2.05) is 0 Å². The van der Waals surface area contributed by atoms with Gasteiger partial charge in [-0.25, -0.2) is 5.43 Å². The molecule has 3 N–H and O–H groups in total. The van der Waals surface area contributed by atoms with Crippen LogP contribution in [-0.4, -0.2) is 27.6 Å². The normalized spacial score (nSPS) is 11.0. The van der Waals surface area contributed by atoms with Gasteiger partial charge in [-0.3, -0.25) is 19.7 Å². The predicted octanol–water partition coefficient (Wildman–Crippen LogP) is 3.09. The van der Waals surface area contributed by atoms with E-state index in [4.69, 9.17) is 11.6 Å². The average Bonchev–Trinajstić information content (AvgIpc) is 2.61. The van der Waals surface area contributed by atoms with Crippen LogP contribution in [0.4, 0.5) is 11.4 Å². The summed E-state index contributed by atoms with van der Waals surface area (Å²) in [5.74, 6) is -1.07. The minimum Gasteiger partial charge on any atom is -0.508 e. The van der Waals surface area contributed by atoms with Crippen LogP contribution in [0.2, 0.25) is 5.02 Å². The standard InChI is InChI=1S/C17H15ClN4O5/c1-10(20-21-17(25)11-3-2-4-13(23)8-11)7-16(24)19-12-5-6-14(18)15(9-12)22(26)27/h2-6,8-9,23H,7H2,1H3,(H,19,24)(H,21,25). The molecule has 0 bridgehead atoms. The van der Waals surface area contributed by atoms with Crippen molar-refractivity contribution in [2.45, 2.75) is 13.3 Å². The summed E-state index contributed by atoms with van der Waals surface area (Å²) >= 11 is 5.71. The van der Waals surface area contributed by atoms with E-state index >= 15 is 0 Å². The summed E-state index contributed by atoms with van der Waals surface area (Å²) in [7, 11) is 0. The number of nitrogens with zero attached hydrogens (tertiary/aromatic N) is 2. The van der Waals surface area contributed by atoms with Gasteiger partial charge >= 0.3 is 0 Å². The first-order valence-corrected chi connectivity index (χ1v) is 8.00. The molecule has 2 aromatic rings. The zero-order valence-electron chi connectivity index (χ0n) is 14.1. The fourth-order valence-corrected chi connectivity index (χ4v) is 2.25. The Morgan fingerprint density at radius 1 is 1.26 bits per heavy atom. The Morgan fingerprint density at radius 3 is 2.67 bits per heavy atom. The monoisotopic (exact) mass is 390 g/mol. The number of phenolic OH excluding ortho intramolecular Hbond substituents is 1. The van der Waals surface area contributed by atoms with Crippen LogP contribution in [-0.2, 0) is 4.79 Å². The Morgan fingerprint density at radius 2 is 2.00 bits per heavy atom. The number of rotatable bonds is 6. The van der Waals surface area contributed by atoms with Crippen LogP contribution in [0.15, 0.2) is 47.6 Å². The summed E-state index contributed by atoms with van der Waals surface area (Å²) in [6.45, 7) is 1.53. The highest BCUT2D eigenvalue weighted by Gasteiger charge is 2.14. The predicted molar refractivity (Wildman–Crippen MR) is 100 cm³/mol. The van der Waals surface area contributed by atoms with E-state index in [0.717, 1.165) is 6.07 Å². The van der Waals surface area contributed by atoms with Gasteiger partial charge in [-0.1, -0.05) is 17.7 Å². The summed E-state index contributed by atoms with van der Waals surface area (Å²) in [4.78, 5) is 34.1. The molecule has 9 nitrogen and oxygen atoms in total. The van der Waals surface area contributed by atoms with Gasteiger partial charge in [0.1, 0.15) is 10.8 Å². The van der Waals surface area contributed by atoms with Crippen LogP contribution < -0.4 is 10.7 Å². The van der Waals surface area contributed by atoms with Gasteiger partial charge in [0.2, 0.25) is 5.91 Å². The van der Waals surface area contributed by atoms with E-state index in [-0.39, 0.29) is 34.1 Å². The number of nitrogens with one attached hydrogen (secondary N) is 2. The van der Waals surface area contributed by atoms with Gasteiger partial charge in [0, 0.05) is 23.0 Å². The van der Waals surface area contributed by atoms with Crippen molar-refractivity contribution in [3.8, 4) is 5.75 Å². The number of hydrazone groups is 1. The summed E-state index contributed by atoms with van der Waals surface area (Å²) in [6, 6.07) is 9.61. The number of anilines is 1. The lowest BCUT2D eigenvalue weighted by Crippen LogP contribution is -2.21. The van der Waals surface area contributed by atoms with Crippen LogP contribution in [0.5, 0.6) is 5.75 Å². The molecule has 0 heterocycles. The Balaban J connectivity index is 1.95. The minimum atomic E-state index is -0.651. The number of carbonyl (C=O) groups is 2. The van der Waals surface area contributed by atoms with Gasteiger partial charge in [-0.05, 0) is 37.3 Å². The maximum Gasteiger partial charge on any atom is 0.289 e. The third kappa shape index (κ3) is 5.79. The smallest absolute Gasteiger partial charge is 0.289 e. The highest BCUT2D eigenvalue weighted by molar-refractivity contribution is 6.32. The zero-order chi connectivity index (χ0) is 20.0. The second kappa shape index (κ2) is 8.77. The fraction of sp³-hybridized carbons (Fsp3) is 0.118. The van der Waals surface area contributed by atoms with Gasteiger partial charge in [-0.2, -0.15) is 5.10 Å². The molecule has 10 heteroatoms. The van der Waals surface area contributed by atoms with Crippen molar-refractivity contribution in [1.82, 2.24) is 5.43 Å². The molecule has 2 aromatic carbocycles. The first kappa shape index (κ1) is 19.9. The van der Waals surface area contributed by atoms with Crippen LogP contribution in [0.1, 0.15) is 23.7 Å². The fourth-order valence-electron chi connectivity index (χ4n) is 2.07. The number of hydrogen-bond acceptors (Lipinski definition) is 6. The SMILES string of the molecule is CC(CC(=O)Nc1ccc(Cl)c([N+](=O)[O-])c1)=NNC(=O)c1cccc(O)c1. The molecule has 0 atom stereocenters. The summed E-state index contributed by atoms with van der Waals surface area (Å²) in [6.07, 6.45) is -0.142. The Labute approximate surface area is 158 Å². The number of halogens is 1. The third-order valence-electron chi connectivity index (χ3n) is 3.30. The zero-order valence-corrected chi connectivity index (χ0v) is 14.9. The molecule has 0 saturated carbocycles. The molecule has 140 valence electrons. The summed E-state index contributed by atoms with van der Waals surface area (Å²) in [5, 5.41) is 26.5. The molecular weight excluding hydrogens is 376 g/mol. The van der Waals surface area contributed by atoms with Gasteiger partial charge in [-0.15, -0.1) is 0 Å². The number of carbonyl (C=O) groups excluding carboxylic acids is 2. The number of amides is 2. The van der Waals surface area contributed by atoms with Gasteiger partial charge < -0.3 is 10.4 Å². The number of phenols is 1. The summed E-state index contributed by atoms with van der Waals surface area (Å²) in [5.41, 5.74) is 2.69. The molecule has 0 unspecified atom stereocenters. The first-order chi connectivity index (χ1) is 12.8. The quantitative estimate of drug-likeness (QED) is 0.396. The van der Waals surface area contributed by atoms with Gasteiger partial charge in [0.15, 0.2) is 0 Å². The van der Waals surface area contributed by atoms with E-state index in [9.17, 15) is 24.8 Å². The number of nitro groups is 1. The highest BCUT2D eigenvalue weighted by Crippen LogP contribution is 2.27. The Hall–Kier alpha value is -3.46. The van der Waals surface area contributed by atoms with Gasteiger partial charge in [0.05, 0.1) is 11.3 Å². The third-order valence-corrected chi connectivity index (χ3v) is 3.62. The van der Waals surface area contributed by atoms with Gasteiger partial charge in [0.25, 0.3) is 11.6 Å². The van der Waals surface area contributed by atoms with Crippen molar-refractivity contribution < 1.29 is 19.6 Å². The molecule has 0 aromatic heterocycles. The molecule has 0 aliphatic carbocycles. The average molecular weight is 391 g/mol. The molecule has 0 fully saturated rings. The second-order valence-electron chi connectivity index (χ2n) is 5.49. The highest BCUT2D eigenvalue weighted by atomic mass is 35.5. The van der Waals surface area contributed by atoms with Crippen molar-refractivity contribution in [2.24, 2.45) is 5.10 Å². The van der Waals surface area contributed by atoms with E-state index in [2.05, 4.69) is 15.8 Å². The molecule has 0 saturated heterocycles. The van der Waals surface area contributed by atoms with E-state index in [1.54, 1.807) is 0 Å². The Kier molecular flexibility index (Phi) is 6.45. The number of hydrogen-bond donors (Lipinski definition) is 3. The molecule has 27 heavy (non-hydrogen) atoms. The van der Waals surface area contributed by atoms with Crippen LogP contribution in [0, 0.1) is 10.1 Å². The van der Waals surface area contributed by atoms with Crippen LogP contribution >= 0.6 is 11.6 Å². The number of nitro benzene ring substituents is 1. The minimum absolute atomic E-state index is 0.0367. The van der Waals surface area contributed by atoms with Crippen LogP contribution in [0.3, 0.4) is 0 Å². The molecule has 0 aliphatic heterocycles. The summed E-state index contributed by atoms with van der Waals surface area (Å²) < 4.78 is 0. The van der Waals surface area contributed by atoms with Crippen molar-refractivity contribution >= 4 is 40.5 Å². The molecule has 2 amide bonds. The lowest BCUT2D eigenvalue weighted by Gasteiger charge is -2.06. The second-order valence-corrected chi connectivity index (χ2v) is 5.89. The lowest BCUT2D eigenvalue weighted by atomic mass is 10.2. The maximum absolute atomic E-state index is 12.0. The molecule has 0 aliphatic rings. The van der Waals surface area contributed by atoms with E-state index in [1.165, 1.54) is 43.3 Å².